The number of amides is 2. The van der Waals surface area contributed by atoms with Gasteiger partial charge >= 0.3 is 0 Å². The summed E-state index contributed by atoms with van der Waals surface area (Å²) >= 11 is 0. The summed E-state index contributed by atoms with van der Waals surface area (Å²) < 4.78 is 0. The number of hydrogen-bond donors (Lipinski definition) is 3. The van der Waals surface area contributed by atoms with E-state index in [0.29, 0.717) is 24.6 Å². The zero-order valence-electron chi connectivity index (χ0n) is 12.0. The van der Waals surface area contributed by atoms with E-state index in [4.69, 9.17) is 5.73 Å². The first-order valence-corrected chi connectivity index (χ1v) is 7.25. The number of benzene rings is 1. The van der Waals surface area contributed by atoms with Gasteiger partial charge in [0, 0.05) is 5.56 Å². The Morgan fingerprint density at radius 1 is 1.14 bits per heavy atom. The molecule has 0 bridgehead atoms. The Kier molecular flexibility index (Phi) is 5.71. The number of nitrogens with two attached hydrogens (primary N) is 1. The van der Waals surface area contributed by atoms with E-state index < -0.39 is 0 Å². The van der Waals surface area contributed by atoms with Crippen LogP contribution in [0.4, 0.5) is 0 Å². The molecule has 0 aliphatic carbocycles. The summed E-state index contributed by atoms with van der Waals surface area (Å²) in [6.07, 6.45) is 2.06. The van der Waals surface area contributed by atoms with Crippen molar-refractivity contribution in [3.8, 4) is 0 Å². The molecule has 1 fully saturated rings. The highest BCUT2D eigenvalue weighted by molar-refractivity contribution is 5.95. The van der Waals surface area contributed by atoms with Gasteiger partial charge in [0.15, 0.2) is 0 Å². The highest BCUT2D eigenvalue weighted by Gasteiger charge is 2.19. The van der Waals surface area contributed by atoms with Crippen LogP contribution in [0.15, 0.2) is 30.3 Å². The molecule has 0 radical (unpaired) electrons. The number of piperidine rings is 1. The maximum atomic E-state index is 11.8. The third-order valence-electron chi connectivity index (χ3n) is 3.76. The van der Waals surface area contributed by atoms with Crippen LogP contribution in [-0.4, -0.2) is 42.9 Å². The van der Waals surface area contributed by atoms with Crippen molar-refractivity contribution in [1.29, 1.82) is 0 Å². The molecule has 2 amide bonds. The van der Waals surface area contributed by atoms with Crippen molar-refractivity contribution >= 4 is 11.8 Å². The fraction of sp³-hybridized carbons (Fsp3) is 0.467. The SMILES string of the molecule is NCC1CCN(CC(=O)NNC(=O)c2ccccc2)CC1. The summed E-state index contributed by atoms with van der Waals surface area (Å²) in [5.41, 5.74) is 11.0. The number of carbonyl (C=O) groups is 2. The number of rotatable bonds is 4. The molecule has 2 rings (SSSR count). The minimum absolute atomic E-state index is 0.203. The number of hydrogen-bond acceptors (Lipinski definition) is 4. The minimum Gasteiger partial charge on any atom is -0.330 e. The largest absolute Gasteiger partial charge is 0.330 e. The van der Waals surface area contributed by atoms with Crippen LogP contribution in [0.25, 0.3) is 0 Å². The van der Waals surface area contributed by atoms with E-state index in [1.807, 2.05) is 6.07 Å². The van der Waals surface area contributed by atoms with E-state index in [1.165, 1.54) is 0 Å². The van der Waals surface area contributed by atoms with Crippen LogP contribution in [0, 0.1) is 5.92 Å². The van der Waals surface area contributed by atoms with Gasteiger partial charge in [0.2, 0.25) is 0 Å². The fourth-order valence-electron chi connectivity index (χ4n) is 2.41. The third-order valence-corrected chi connectivity index (χ3v) is 3.76. The number of carbonyl (C=O) groups excluding carboxylic acids is 2. The Hall–Kier alpha value is -1.92. The Bertz CT molecular complexity index is 470. The molecule has 1 aromatic carbocycles. The average Bonchev–Trinajstić information content (AvgIpc) is 2.54. The maximum absolute atomic E-state index is 11.8. The quantitative estimate of drug-likeness (QED) is 0.687. The van der Waals surface area contributed by atoms with E-state index in [2.05, 4.69) is 15.8 Å². The molecule has 1 aliphatic rings. The maximum Gasteiger partial charge on any atom is 0.269 e. The topological polar surface area (TPSA) is 87.5 Å². The van der Waals surface area contributed by atoms with Gasteiger partial charge in [0.05, 0.1) is 6.54 Å². The summed E-state index contributed by atoms with van der Waals surface area (Å²) in [6, 6.07) is 8.77. The van der Waals surface area contributed by atoms with Crippen LogP contribution in [-0.2, 0) is 4.79 Å². The predicted molar refractivity (Wildman–Crippen MR) is 80.3 cm³/mol. The van der Waals surface area contributed by atoms with Gasteiger partial charge in [-0.2, -0.15) is 0 Å². The molecule has 1 heterocycles. The van der Waals surface area contributed by atoms with Crippen LogP contribution in [0.2, 0.25) is 0 Å². The van der Waals surface area contributed by atoms with Crippen LogP contribution in [0.1, 0.15) is 23.2 Å². The summed E-state index contributed by atoms with van der Waals surface area (Å²) in [5, 5.41) is 0. The number of nitrogens with one attached hydrogen (secondary N) is 2. The molecule has 4 N–H and O–H groups in total. The molecule has 1 aliphatic heterocycles. The van der Waals surface area contributed by atoms with E-state index in [9.17, 15) is 9.59 Å². The molecule has 0 aromatic heterocycles. The Morgan fingerprint density at radius 2 is 1.81 bits per heavy atom. The van der Waals surface area contributed by atoms with E-state index in [0.717, 1.165) is 25.9 Å². The number of hydrazine groups is 1. The molecule has 1 aromatic rings. The van der Waals surface area contributed by atoms with Crippen molar-refractivity contribution in [3.05, 3.63) is 35.9 Å². The zero-order valence-corrected chi connectivity index (χ0v) is 12.0. The lowest BCUT2D eigenvalue weighted by molar-refractivity contribution is -0.123. The molecule has 0 atom stereocenters. The zero-order chi connectivity index (χ0) is 15.1. The summed E-state index contributed by atoms with van der Waals surface area (Å²) in [6.45, 7) is 2.77. The molecule has 0 spiro atoms. The molecule has 6 nitrogen and oxygen atoms in total. The van der Waals surface area contributed by atoms with Gasteiger partial charge in [0.25, 0.3) is 11.8 Å². The van der Waals surface area contributed by atoms with Crippen LogP contribution in [0.3, 0.4) is 0 Å². The highest BCUT2D eigenvalue weighted by atomic mass is 16.2. The molecular formula is C15H22N4O2. The standard InChI is InChI=1S/C15H22N4O2/c16-10-12-6-8-19(9-7-12)11-14(20)17-18-15(21)13-4-2-1-3-5-13/h1-5,12H,6-11,16H2,(H,17,20)(H,18,21). The lowest BCUT2D eigenvalue weighted by Gasteiger charge is -2.30. The summed E-state index contributed by atoms with van der Waals surface area (Å²) in [4.78, 5) is 25.7. The fourth-order valence-corrected chi connectivity index (χ4v) is 2.41. The van der Waals surface area contributed by atoms with Crippen molar-refractivity contribution in [2.45, 2.75) is 12.8 Å². The smallest absolute Gasteiger partial charge is 0.269 e. The van der Waals surface area contributed by atoms with Gasteiger partial charge in [-0.3, -0.25) is 25.3 Å². The molecule has 21 heavy (non-hydrogen) atoms. The lowest BCUT2D eigenvalue weighted by Crippen LogP contribution is -2.48. The van der Waals surface area contributed by atoms with Crippen LogP contribution in [0.5, 0.6) is 0 Å². The Labute approximate surface area is 124 Å². The van der Waals surface area contributed by atoms with Crippen LogP contribution < -0.4 is 16.6 Å². The first-order valence-electron chi connectivity index (χ1n) is 7.25. The van der Waals surface area contributed by atoms with Crippen molar-refractivity contribution in [1.82, 2.24) is 15.8 Å². The van der Waals surface area contributed by atoms with Gasteiger partial charge in [0.1, 0.15) is 0 Å². The number of nitrogens with zero attached hydrogens (tertiary/aromatic N) is 1. The summed E-state index contributed by atoms with van der Waals surface area (Å²) in [7, 11) is 0. The minimum atomic E-state index is -0.314. The van der Waals surface area contributed by atoms with E-state index in [-0.39, 0.29) is 11.8 Å². The summed E-state index contributed by atoms with van der Waals surface area (Å²) in [5.74, 6) is 0.0540. The molecular weight excluding hydrogens is 268 g/mol. The van der Waals surface area contributed by atoms with Crippen molar-refractivity contribution in [2.24, 2.45) is 11.7 Å². The van der Waals surface area contributed by atoms with E-state index >= 15 is 0 Å². The van der Waals surface area contributed by atoms with Crippen molar-refractivity contribution in [3.63, 3.8) is 0 Å². The number of likely N-dealkylation sites (tertiary alicyclic amines) is 1. The Balaban J connectivity index is 1.69. The second-order valence-electron chi connectivity index (χ2n) is 5.32. The molecule has 0 unspecified atom stereocenters. The average molecular weight is 290 g/mol. The Morgan fingerprint density at radius 3 is 2.43 bits per heavy atom. The lowest BCUT2D eigenvalue weighted by atomic mass is 9.97. The second-order valence-corrected chi connectivity index (χ2v) is 5.32. The molecule has 1 saturated heterocycles. The molecule has 6 heteroatoms. The van der Waals surface area contributed by atoms with Crippen molar-refractivity contribution < 1.29 is 9.59 Å². The van der Waals surface area contributed by atoms with Gasteiger partial charge in [-0.05, 0) is 50.5 Å². The normalized spacial score (nSPS) is 16.4. The third kappa shape index (κ3) is 4.84. The molecule has 114 valence electrons. The van der Waals surface area contributed by atoms with Crippen LogP contribution >= 0.6 is 0 Å². The van der Waals surface area contributed by atoms with Gasteiger partial charge in [-0.15, -0.1) is 0 Å². The monoisotopic (exact) mass is 290 g/mol. The highest BCUT2D eigenvalue weighted by Crippen LogP contribution is 2.14. The first-order chi connectivity index (χ1) is 10.2. The van der Waals surface area contributed by atoms with E-state index in [1.54, 1.807) is 24.3 Å². The van der Waals surface area contributed by atoms with Crippen molar-refractivity contribution in [2.75, 3.05) is 26.2 Å². The second kappa shape index (κ2) is 7.75. The molecule has 0 saturated carbocycles. The van der Waals surface area contributed by atoms with Gasteiger partial charge < -0.3 is 5.73 Å². The predicted octanol–water partition coefficient (Wildman–Crippen LogP) is 0.118. The first kappa shape index (κ1) is 15.5. The van der Waals surface area contributed by atoms with Gasteiger partial charge in [-0.25, -0.2) is 0 Å². The van der Waals surface area contributed by atoms with Gasteiger partial charge in [-0.1, -0.05) is 18.2 Å².